The van der Waals surface area contributed by atoms with Crippen molar-refractivity contribution in [3.8, 4) is 17.6 Å². The maximum Gasteiger partial charge on any atom is 0.573 e. The van der Waals surface area contributed by atoms with Crippen molar-refractivity contribution < 1.29 is 27.4 Å². The molecule has 0 unspecified atom stereocenters. The smallest absolute Gasteiger partial charge is 0.465 e. The van der Waals surface area contributed by atoms with Gasteiger partial charge < -0.3 is 9.47 Å². The second-order valence-electron chi connectivity index (χ2n) is 3.36. The van der Waals surface area contributed by atoms with Crippen molar-refractivity contribution in [1.29, 1.82) is 0 Å². The first-order valence-corrected chi connectivity index (χ1v) is 5.41. The zero-order chi connectivity index (χ0) is 14.3. The largest absolute Gasteiger partial charge is 0.573 e. The van der Waals surface area contributed by atoms with E-state index in [2.05, 4.69) is 21.3 Å². The topological polar surface area (TPSA) is 35.5 Å². The maximum absolute atomic E-state index is 12.0. The molecule has 0 bridgehead atoms. The number of halogens is 3. The molecule has 6 heteroatoms. The van der Waals surface area contributed by atoms with Crippen molar-refractivity contribution in [1.82, 2.24) is 0 Å². The molecule has 0 atom stereocenters. The first-order valence-electron chi connectivity index (χ1n) is 5.41. The Labute approximate surface area is 108 Å². The summed E-state index contributed by atoms with van der Waals surface area (Å²) in [5.74, 6) is 4.25. The van der Waals surface area contributed by atoms with Crippen LogP contribution in [0.2, 0.25) is 0 Å². The monoisotopic (exact) mass is 272 g/mol. The standard InChI is InChI=1S/C13H11F3O3/c1-2-18-12(17)8-4-6-10-5-3-7-11(9-10)19-13(14,15)16/h3,5,7,9H,2,8H2,1H3. The zero-order valence-electron chi connectivity index (χ0n) is 10.1. The van der Waals surface area contributed by atoms with Crippen LogP contribution < -0.4 is 4.74 Å². The summed E-state index contributed by atoms with van der Waals surface area (Å²) >= 11 is 0. The number of carbonyl (C=O) groups is 1. The van der Waals surface area contributed by atoms with Crippen LogP contribution in [0, 0.1) is 11.8 Å². The van der Waals surface area contributed by atoms with Gasteiger partial charge in [0, 0.05) is 5.56 Å². The van der Waals surface area contributed by atoms with Crippen molar-refractivity contribution >= 4 is 5.97 Å². The van der Waals surface area contributed by atoms with Crippen LogP contribution in [0.5, 0.6) is 5.75 Å². The van der Waals surface area contributed by atoms with E-state index in [4.69, 9.17) is 0 Å². The Morgan fingerprint density at radius 3 is 2.74 bits per heavy atom. The van der Waals surface area contributed by atoms with Crippen LogP contribution in [-0.4, -0.2) is 18.9 Å². The molecule has 1 aromatic rings. The molecule has 0 N–H and O–H groups in total. The molecule has 0 fully saturated rings. The molecule has 1 aromatic carbocycles. The summed E-state index contributed by atoms with van der Waals surface area (Å²) in [7, 11) is 0. The Morgan fingerprint density at radius 1 is 1.37 bits per heavy atom. The van der Waals surface area contributed by atoms with E-state index in [1.807, 2.05) is 0 Å². The van der Waals surface area contributed by atoms with Crippen molar-refractivity contribution in [2.24, 2.45) is 0 Å². The molecule has 0 saturated heterocycles. The molecule has 0 saturated carbocycles. The minimum Gasteiger partial charge on any atom is -0.465 e. The van der Waals surface area contributed by atoms with Crippen molar-refractivity contribution in [2.45, 2.75) is 19.7 Å². The SMILES string of the molecule is CCOC(=O)CC#Cc1cccc(OC(F)(F)F)c1. The molecule has 0 spiro atoms. The van der Waals surface area contributed by atoms with E-state index in [0.717, 1.165) is 6.07 Å². The van der Waals surface area contributed by atoms with E-state index in [9.17, 15) is 18.0 Å². The quantitative estimate of drug-likeness (QED) is 0.627. The Bertz CT molecular complexity index is 498. The molecular weight excluding hydrogens is 261 g/mol. The summed E-state index contributed by atoms with van der Waals surface area (Å²) in [4.78, 5) is 11.0. The molecule has 1 rings (SSSR count). The lowest BCUT2D eigenvalue weighted by atomic mass is 10.2. The third-order valence-corrected chi connectivity index (χ3v) is 1.84. The molecule has 19 heavy (non-hydrogen) atoms. The number of rotatable bonds is 3. The van der Waals surface area contributed by atoms with Gasteiger partial charge in [0.2, 0.25) is 0 Å². The van der Waals surface area contributed by atoms with E-state index < -0.39 is 12.3 Å². The van der Waals surface area contributed by atoms with Gasteiger partial charge in [-0.15, -0.1) is 13.2 Å². The van der Waals surface area contributed by atoms with Crippen LogP contribution in [-0.2, 0) is 9.53 Å². The summed E-state index contributed by atoms with van der Waals surface area (Å²) in [6.45, 7) is 1.93. The average molecular weight is 272 g/mol. The molecule has 0 radical (unpaired) electrons. The zero-order valence-corrected chi connectivity index (χ0v) is 10.1. The molecule has 0 aromatic heterocycles. The van der Waals surface area contributed by atoms with Gasteiger partial charge in [0.15, 0.2) is 0 Å². The summed E-state index contributed by atoms with van der Waals surface area (Å²) in [6.07, 6.45) is -4.85. The fourth-order valence-corrected chi connectivity index (χ4v) is 1.20. The predicted octanol–water partition coefficient (Wildman–Crippen LogP) is 2.89. The lowest BCUT2D eigenvalue weighted by Gasteiger charge is -2.08. The molecule has 0 aliphatic heterocycles. The van der Waals surface area contributed by atoms with Crippen LogP contribution in [0.25, 0.3) is 0 Å². The van der Waals surface area contributed by atoms with Gasteiger partial charge in [-0.1, -0.05) is 17.9 Å². The Kier molecular flexibility index (Phi) is 5.24. The van der Waals surface area contributed by atoms with Crippen molar-refractivity contribution in [3.05, 3.63) is 29.8 Å². The molecule has 102 valence electrons. The van der Waals surface area contributed by atoms with Crippen molar-refractivity contribution in [2.75, 3.05) is 6.61 Å². The first kappa shape index (κ1) is 14.9. The Morgan fingerprint density at radius 2 is 2.11 bits per heavy atom. The second-order valence-corrected chi connectivity index (χ2v) is 3.36. The lowest BCUT2D eigenvalue weighted by molar-refractivity contribution is -0.274. The van der Waals surface area contributed by atoms with Crippen LogP contribution in [0.1, 0.15) is 18.9 Å². The number of alkyl halides is 3. The fraction of sp³-hybridized carbons (Fsp3) is 0.308. The lowest BCUT2D eigenvalue weighted by Crippen LogP contribution is -2.17. The second kappa shape index (κ2) is 6.69. The third kappa shape index (κ3) is 6.36. The van der Waals surface area contributed by atoms with E-state index in [1.54, 1.807) is 6.92 Å². The van der Waals surface area contributed by atoms with Crippen LogP contribution in [0.4, 0.5) is 13.2 Å². The van der Waals surface area contributed by atoms with Gasteiger partial charge in [0.1, 0.15) is 12.2 Å². The van der Waals surface area contributed by atoms with Gasteiger partial charge >= 0.3 is 12.3 Å². The fourth-order valence-electron chi connectivity index (χ4n) is 1.20. The van der Waals surface area contributed by atoms with Crippen LogP contribution >= 0.6 is 0 Å². The molecule has 0 aliphatic carbocycles. The third-order valence-electron chi connectivity index (χ3n) is 1.84. The van der Waals surface area contributed by atoms with Crippen molar-refractivity contribution in [3.63, 3.8) is 0 Å². The van der Waals surface area contributed by atoms with E-state index >= 15 is 0 Å². The minimum atomic E-state index is -4.74. The Balaban J connectivity index is 2.67. The first-order chi connectivity index (χ1) is 8.90. The minimum absolute atomic E-state index is 0.113. The van der Waals surface area contributed by atoms with Crippen LogP contribution in [0.15, 0.2) is 24.3 Å². The molecular formula is C13H11F3O3. The van der Waals surface area contributed by atoms with E-state index in [-0.39, 0.29) is 18.8 Å². The molecule has 0 aliphatic rings. The molecule has 3 nitrogen and oxygen atoms in total. The highest BCUT2D eigenvalue weighted by molar-refractivity contribution is 5.72. The molecule has 0 amide bonds. The number of benzene rings is 1. The average Bonchev–Trinajstić information content (AvgIpc) is 2.27. The normalized spacial score (nSPS) is 10.3. The van der Waals surface area contributed by atoms with Crippen LogP contribution in [0.3, 0.4) is 0 Å². The number of hydrogen-bond donors (Lipinski definition) is 0. The Hall–Kier alpha value is -2.16. The summed E-state index contributed by atoms with van der Waals surface area (Å²) in [5.41, 5.74) is 0.325. The van der Waals surface area contributed by atoms with Gasteiger partial charge in [-0.25, -0.2) is 0 Å². The highest BCUT2D eigenvalue weighted by Gasteiger charge is 2.30. The number of ether oxygens (including phenoxy) is 2. The summed E-state index contributed by atoms with van der Waals surface area (Å²) < 4.78 is 44.4. The number of carbonyl (C=O) groups excluding carboxylic acids is 1. The highest BCUT2D eigenvalue weighted by Crippen LogP contribution is 2.22. The van der Waals surface area contributed by atoms with Gasteiger partial charge in [-0.05, 0) is 25.1 Å². The summed E-state index contributed by atoms with van der Waals surface area (Å²) in [5, 5.41) is 0. The predicted molar refractivity (Wildman–Crippen MR) is 61.3 cm³/mol. The van der Waals surface area contributed by atoms with Gasteiger partial charge in [-0.3, -0.25) is 4.79 Å². The van der Waals surface area contributed by atoms with Gasteiger partial charge in [0.05, 0.1) is 6.61 Å². The maximum atomic E-state index is 12.0. The number of esters is 1. The summed E-state index contributed by atoms with van der Waals surface area (Å²) in [6, 6.07) is 5.21. The van der Waals surface area contributed by atoms with E-state index in [1.165, 1.54) is 18.2 Å². The van der Waals surface area contributed by atoms with E-state index in [0.29, 0.717) is 5.56 Å². The highest BCUT2D eigenvalue weighted by atomic mass is 19.4. The van der Waals surface area contributed by atoms with Gasteiger partial charge in [-0.2, -0.15) is 0 Å². The number of hydrogen-bond acceptors (Lipinski definition) is 3. The van der Waals surface area contributed by atoms with Gasteiger partial charge in [0.25, 0.3) is 0 Å². The molecule has 0 heterocycles.